The van der Waals surface area contributed by atoms with E-state index in [9.17, 15) is 18.0 Å². The number of hydrogen-bond acceptors (Lipinski definition) is 2. The number of halogens is 3. The number of benzene rings is 1. The molecule has 4 nitrogen and oxygen atoms in total. The Morgan fingerprint density at radius 2 is 2.15 bits per heavy atom. The van der Waals surface area contributed by atoms with Gasteiger partial charge in [0, 0.05) is 23.5 Å². The number of hydrogen-bond donors (Lipinski definition) is 2. The first kappa shape index (κ1) is 14.1. The van der Waals surface area contributed by atoms with Crippen LogP contribution < -0.4 is 5.32 Å². The Morgan fingerprint density at radius 3 is 2.75 bits per heavy atom. The molecule has 0 aliphatic rings. The van der Waals surface area contributed by atoms with Gasteiger partial charge in [0.05, 0.1) is 0 Å². The van der Waals surface area contributed by atoms with E-state index in [-0.39, 0.29) is 5.56 Å². The Hall–Kier alpha value is -2.31. The summed E-state index contributed by atoms with van der Waals surface area (Å²) in [5.74, 6) is -0.230. The monoisotopic (exact) mass is 283 g/mol. The van der Waals surface area contributed by atoms with Gasteiger partial charge in [-0.1, -0.05) is 12.1 Å². The Labute approximate surface area is 113 Å². The minimum Gasteiger partial charge on any atom is -0.345 e. The molecule has 1 aromatic carbocycles. The Morgan fingerprint density at radius 1 is 1.40 bits per heavy atom. The molecule has 1 heterocycles. The van der Waals surface area contributed by atoms with Gasteiger partial charge >= 0.3 is 6.18 Å². The molecule has 1 atom stereocenters. The highest BCUT2D eigenvalue weighted by Crippen LogP contribution is 2.20. The fourth-order valence-corrected chi connectivity index (χ4v) is 1.59. The van der Waals surface area contributed by atoms with Crippen LogP contribution in [0.1, 0.15) is 17.3 Å². The molecule has 1 amide bonds. The van der Waals surface area contributed by atoms with Crippen molar-refractivity contribution in [2.75, 3.05) is 0 Å². The first-order chi connectivity index (χ1) is 9.38. The number of rotatable bonds is 3. The summed E-state index contributed by atoms with van der Waals surface area (Å²) in [6.45, 7) is 0.897. The second-order valence-electron chi connectivity index (χ2n) is 4.26. The van der Waals surface area contributed by atoms with Crippen LogP contribution >= 0.6 is 0 Å². The molecule has 0 spiro atoms. The molecule has 0 radical (unpaired) electrons. The smallest absolute Gasteiger partial charge is 0.345 e. The predicted molar refractivity (Wildman–Crippen MR) is 67.0 cm³/mol. The van der Waals surface area contributed by atoms with Crippen LogP contribution in [-0.4, -0.2) is 28.1 Å². The van der Waals surface area contributed by atoms with Crippen LogP contribution in [0.5, 0.6) is 0 Å². The maximum atomic E-state index is 12.4. The number of carbonyl (C=O) groups is 1. The summed E-state index contributed by atoms with van der Waals surface area (Å²) in [5.41, 5.74) is 0.775. The summed E-state index contributed by atoms with van der Waals surface area (Å²) >= 11 is 0. The predicted octanol–water partition coefficient (Wildman–Crippen LogP) is 2.76. The van der Waals surface area contributed by atoms with E-state index >= 15 is 0 Å². The van der Waals surface area contributed by atoms with Gasteiger partial charge in [0.15, 0.2) is 0 Å². The third-order valence-electron chi connectivity index (χ3n) is 2.74. The quantitative estimate of drug-likeness (QED) is 0.910. The van der Waals surface area contributed by atoms with Crippen LogP contribution in [0.4, 0.5) is 13.2 Å². The Kier molecular flexibility index (Phi) is 3.78. The van der Waals surface area contributed by atoms with Gasteiger partial charge in [-0.25, -0.2) is 4.98 Å². The van der Waals surface area contributed by atoms with Crippen molar-refractivity contribution < 1.29 is 18.0 Å². The van der Waals surface area contributed by atoms with Gasteiger partial charge in [0.1, 0.15) is 11.9 Å². The van der Waals surface area contributed by atoms with Gasteiger partial charge in [-0.2, -0.15) is 13.2 Å². The molecule has 2 aromatic rings. The van der Waals surface area contributed by atoms with E-state index in [0.717, 1.165) is 6.92 Å². The van der Waals surface area contributed by atoms with Crippen molar-refractivity contribution in [3.63, 3.8) is 0 Å². The van der Waals surface area contributed by atoms with Gasteiger partial charge in [0.25, 0.3) is 5.91 Å². The van der Waals surface area contributed by atoms with Crippen LogP contribution in [-0.2, 0) is 0 Å². The maximum Gasteiger partial charge on any atom is 0.408 e. The lowest BCUT2D eigenvalue weighted by Gasteiger charge is -2.17. The fraction of sp³-hybridized carbons (Fsp3) is 0.231. The molecule has 20 heavy (non-hydrogen) atoms. The van der Waals surface area contributed by atoms with E-state index in [4.69, 9.17) is 0 Å². The number of nitrogens with one attached hydrogen (secondary N) is 2. The third kappa shape index (κ3) is 3.17. The van der Waals surface area contributed by atoms with E-state index < -0.39 is 18.1 Å². The van der Waals surface area contributed by atoms with Crippen LogP contribution in [0, 0.1) is 0 Å². The SMILES string of the molecule is CC(NC(=O)c1cccc(-c2ncc[nH]2)c1)C(F)(F)F. The highest BCUT2D eigenvalue weighted by Gasteiger charge is 2.37. The summed E-state index contributed by atoms with van der Waals surface area (Å²) in [6.07, 6.45) is -1.30. The molecule has 1 aromatic heterocycles. The summed E-state index contributed by atoms with van der Waals surface area (Å²) in [6, 6.07) is 4.33. The molecular formula is C13H12F3N3O. The highest BCUT2D eigenvalue weighted by molar-refractivity contribution is 5.95. The van der Waals surface area contributed by atoms with E-state index in [1.54, 1.807) is 24.5 Å². The molecule has 2 N–H and O–H groups in total. The third-order valence-corrected chi connectivity index (χ3v) is 2.74. The van der Waals surface area contributed by atoms with E-state index in [2.05, 4.69) is 9.97 Å². The largest absolute Gasteiger partial charge is 0.408 e. The Bertz CT molecular complexity index is 593. The maximum absolute atomic E-state index is 12.4. The van der Waals surface area contributed by atoms with Crippen molar-refractivity contribution in [2.24, 2.45) is 0 Å². The van der Waals surface area contributed by atoms with Crippen molar-refractivity contribution in [2.45, 2.75) is 19.1 Å². The lowest BCUT2D eigenvalue weighted by molar-refractivity contribution is -0.149. The molecular weight excluding hydrogens is 271 g/mol. The van der Waals surface area contributed by atoms with Crippen LogP contribution in [0.3, 0.4) is 0 Å². The van der Waals surface area contributed by atoms with Crippen molar-refractivity contribution in [3.05, 3.63) is 42.2 Å². The number of amides is 1. The molecule has 1 unspecified atom stereocenters. The van der Waals surface area contributed by atoms with Gasteiger partial charge < -0.3 is 10.3 Å². The zero-order chi connectivity index (χ0) is 14.8. The van der Waals surface area contributed by atoms with Crippen LogP contribution in [0.25, 0.3) is 11.4 Å². The Balaban J connectivity index is 2.17. The van der Waals surface area contributed by atoms with Gasteiger partial charge in [-0.05, 0) is 19.1 Å². The van der Waals surface area contributed by atoms with Crippen LogP contribution in [0.15, 0.2) is 36.7 Å². The zero-order valence-corrected chi connectivity index (χ0v) is 10.5. The van der Waals surface area contributed by atoms with Crippen molar-refractivity contribution in [3.8, 4) is 11.4 Å². The molecule has 106 valence electrons. The number of alkyl halides is 3. The van der Waals surface area contributed by atoms with Gasteiger partial charge in [-0.15, -0.1) is 0 Å². The van der Waals surface area contributed by atoms with Crippen LogP contribution in [0.2, 0.25) is 0 Å². The van der Waals surface area contributed by atoms with E-state index in [1.807, 2.05) is 5.32 Å². The summed E-state index contributed by atoms with van der Waals surface area (Å²) < 4.78 is 37.2. The second-order valence-corrected chi connectivity index (χ2v) is 4.26. The first-order valence-corrected chi connectivity index (χ1v) is 5.85. The number of imidazole rings is 1. The first-order valence-electron chi connectivity index (χ1n) is 5.85. The van der Waals surface area contributed by atoms with Gasteiger partial charge in [0.2, 0.25) is 0 Å². The van der Waals surface area contributed by atoms with Crippen molar-refractivity contribution in [1.82, 2.24) is 15.3 Å². The molecule has 0 bridgehead atoms. The lowest BCUT2D eigenvalue weighted by Crippen LogP contribution is -2.43. The molecule has 0 fully saturated rings. The minimum absolute atomic E-state index is 0.148. The normalized spacial score (nSPS) is 13.0. The molecule has 0 saturated heterocycles. The number of aromatic nitrogens is 2. The molecule has 7 heteroatoms. The van der Waals surface area contributed by atoms with E-state index in [0.29, 0.717) is 11.4 Å². The van der Waals surface area contributed by atoms with Gasteiger partial charge in [-0.3, -0.25) is 4.79 Å². The lowest BCUT2D eigenvalue weighted by atomic mass is 10.1. The number of carbonyl (C=O) groups excluding carboxylic acids is 1. The molecule has 2 rings (SSSR count). The minimum atomic E-state index is -4.46. The number of aromatic amines is 1. The number of H-pyrrole nitrogens is 1. The zero-order valence-electron chi connectivity index (χ0n) is 10.5. The summed E-state index contributed by atoms with van der Waals surface area (Å²) in [7, 11) is 0. The average Bonchev–Trinajstić information content (AvgIpc) is 2.91. The highest BCUT2D eigenvalue weighted by atomic mass is 19.4. The van der Waals surface area contributed by atoms with E-state index in [1.165, 1.54) is 12.1 Å². The average molecular weight is 283 g/mol. The van der Waals surface area contributed by atoms with Crippen molar-refractivity contribution >= 4 is 5.91 Å². The summed E-state index contributed by atoms with van der Waals surface area (Å²) in [5, 5.41) is 1.91. The summed E-state index contributed by atoms with van der Waals surface area (Å²) in [4.78, 5) is 18.7. The number of nitrogens with zero attached hydrogens (tertiary/aromatic N) is 1. The van der Waals surface area contributed by atoms with Crippen molar-refractivity contribution in [1.29, 1.82) is 0 Å². The molecule has 0 aliphatic carbocycles. The standard InChI is InChI=1S/C13H12F3N3O/c1-8(13(14,15)16)19-12(20)10-4-2-3-9(7-10)11-17-5-6-18-11/h2-8H,1H3,(H,17,18)(H,19,20). The molecule has 0 saturated carbocycles. The molecule has 0 aliphatic heterocycles. The second kappa shape index (κ2) is 5.36. The topological polar surface area (TPSA) is 57.8 Å². The fourth-order valence-electron chi connectivity index (χ4n) is 1.59.